The van der Waals surface area contributed by atoms with Crippen molar-refractivity contribution in [2.24, 2.45) is 5.92 Å². The molecule has 0 amide bonds. The summed E-state index contributed by atoms with van der Waals surface area (Å²) < 4.78 is 0. The molecule has 25 heavy (non-hydrogen) atoms. The van der Waals surface area contributed by atoms with Crippen molar-refractivity contribution in [3.8, 4) is 0 Å². The van der Waals surface area contributed by atoms with Crippen LogP contribution in [0.15, 0.2) is 0 Å². The van der Waals surface area contributed by atoms with E-state index in [1.165, 1.54) is 129 Å². The maximum Gasteiger partial charge on any atom is 0.0249 e. The minimum absolute atomic E-state index is 0.658. The molecule has 1 aliphatic heterocycles. The Bertz CT molecular complexity index is 326. The van der Waals surface area contributed by atoms with E-state index in [9.17, 15) is 0 Å². The average Bonchev–Trinajstić information content (AvgIpc) is 2.63. The second-order valence-corrected chi connectivity index (χ2v) is 9.11. The van der Waals surface area contributed by atoms with Crippen LogP contribution in [0.25, 0.3) is 0 Å². The molecule has 1 heterocycles. The van der Waals surface area contributed by atoms with Gasteiger partial charge in [-0.05, 0) is 44.6 Å². The van der Waals surface area contributed by atoms with Gasteiger partial charge in [0, 0.05) is 12.1 Å². The van der Waals surface area contributed by atoms with E-state index in [4.69, 9.17) is 0 Å². The van der Waals surface area contributed by atoms with Crippen molar-refractivity contribution in [1.29, 1.82) is 0 Å². The lowest BCUT2D eigenvalue weighted by molar-refractivity contribution is -0.0870. The predicted octanol–water partition coefficient (Wildman–Crippen LogP) is 7.73. The molecule has 1 saturated carbocycles. The lowest BCUT2D eigenvalue weighted by atomic mass is 9.64. The first-order valence-electron chi connectivity index (χ1n) is 12.1. The molecule has 1 saturated heterocycles. The monoisotopic (exact) mass is 349 g/mol. The summed E-state index contributed by atoms with van der Waals surface area (Å²) in [6.45, 7) is 7.44. The molecule has 2 unspecified atom stereocenters. The van der Waals surface area contributed by atoms with Gasteiger partial charge < -0.3 is 0 Å². The van der Waals surface area contributed by atoms with Gasteiger partial charge in [0.1, 0.15) is 0 Å². The first-order chi connectivity index (χ1) is 12.3. The zero-order chi connectivity index (χ0) is 17.8. The summed E-state index contributed by atoms with van der Waals surface area (Å²) in [5.41, 5.74) is 0.658. The van der Waals surface area contributed by atoms with E-state index in [0.717, 1.165) is 5.92 Å². The third kappa shape index (κ3) is 6.56. The Hall–Kier alpha value is -0.0400. The molecule has 0 aromatic heterocycles. The Morgan fingerprint density at radius 3 is 2.00 bits per heavy atom. The standard InChI is InChI=1S/C24H47N/c1-3-5-7-9-11-13-17-23-18-14-15-19-24(23)20-22-25(24)21-16-12-10-8-6-4-2/h23H,3-22H2,1-2H3. The van der Waals surface area contributed by atoms with E-state index >= 15 is 0 Å². The van der Waals surface area contributed by atoms with Gasteiger partial charge in [-0.25, -0.2) is 0 Å². The van der Waals surface area contributed by atoms with Gasteiger partial charge in [-0.1, -0.05) is 97.3 Å². The minimum atomic E-state index is 0.658. The van der Waals surface area contributed by atoms with Gasteiger partial charge in [0.25, 0.3) is 0 Å². The summed E-state index contributed by atoms with van der Waals surface area (Å²) in [5, 5.41) is 0. The summed E-state index contributed by atoms with van der Waals surface area (Å²) in [6.07, 6.45) is 26.5. The van der Waals surface area contributed by atoms with Crippen molar-refractivity contribution in [3.63, 3.8) is 0 Å². The molecule has 2 atom stereocenters. The van der Waals surface area contributed by atoms with Crippen LogP contribution in [0.3, 0.4) is 0 Å². The third-order valence-corrected chi connectivity index (χ3v) is 7.30. The Kier molecular flexibility index (Phi) is 10.5. The van der Waals surface area contributed by atoms with Crippen LogP contribution in [-0.2, 0) is 0 Å². The van der Waals surface area contributed by atoms with Gasteiger partial charge >= 0.3 is 0 Å². The van der Waals surface area contributed by atoms with Crippen molar-refractivity contribution < 1.29 is 0 Å². The third-order valence-electron chi connectivity index (χ3n) is 7.30. The molecular formula is C24H47N. The maximum absolute atomic E-state index is 2.94. The van der Waals surface area contributed by atoms with E-state index in [2.05, 4.69) is 18.7 Å². The fraction of sp³-hybridized carbons (Fsp3) is 1.00. The van der Waals surface area contributed by atoms with E-state index in [0.29, 0.717) is 5.54 Å². The average molecular weight is 350 g/mol. The first-order valence-corrected chi connectivity index (χ1v) is 12.1. The van der Waals surface area contributed by atoms with Gasteiger partial charge in [-0.2, -0.15) is 0 Å². The van der Waals surface area contributed by atoms with Gasteiger partial charge in [-0.3, -0.25) is 4.90 Å². The van der Waals surface area contributed by atoms with Crippen molar-refractivity contribution in [2.75, 3.05) is 13.1 Å². The van der Waals surface area contributed by atoms with E-state index in [1.54, 1.807) is 0 Å². The molecule has 0 bridgehead atoms. The van der Waals surface area contributed by atoms with Gasteiger partial charge in [0.15, 0.2) is 0 Å². The normalized spacial score (nSPS) is 26.9. The molecule has 2 rings (SSSR count). The van der Waals surface area contributed by atoms with E-state index < -0.39 is 0 Å². The van der Waals surface area contributed by atoms with Crippen LogP contribution in [0.4, 0.5) is 0 Å². The lowest BCUT2D eigenvalue weighted by Gasteiger charge is -2.59. The van der Waals surface area contributed by atoms with Crippen molar-refractivity contribution >= 4 is 0 Å². The summed E-state index contributed by atoms with van der Waals surface area (Å²) >= 11 is 0. The largest absolute Gasteiger partial charge is 0.297 e. The van der Waals surface area contributed by atoms with Crippen molar-refractivity contribution in [1.82, 2.24) is 4.90 Å². The molecule has 1 aliphatic carbocycles. The number of unbranched alkanes of at least 4 members (excludes halogenated alkanes) is 10. The molecule has 2 aliphatic rings. The molecule has 2 fully saturated rings. The molecular weight excluding hydrogens is 302 g/mol. The van der Waals surface area contributed by atoms with E-state index in [-0.39, 0.29) is 0 Å². The number of rotatable bonds is 14. The van der Waals surface area contributed by atoms with Crippen LogP contribution in [0.2, 0.25) is 0 Å². The Morgan fingerprint density at radius 2 is 1.36 bits per heavy atom. The Labute approximate surface area is 159 Å². The topological polar surface area (TPSA) is 3.24 Å². The number of hydrogen-bond donors (Lipinski definition) is 0. The number of nitrogens with zero attached hydrogens (tertiary/aromatic N) is 1. The highest BCUT2D eigenvalue weighted by atomic mass is 15.3. The molecule has 0 aromatic rings. The van der Waals surface area contributed by atoms with E-state index in [1.807, 2.05) is 0 Å². The Balaban J connectivity index is 1.66. The summed E-state index contributed by atoms with van der Waals surface area (Å²) in [6, 6.07) is 0. The second-order valence-electron chi connectivity index (χ2n) is 9.11. The van der Waals surface area contributed by atoms with Crippen molar-refractivity contribution in [2.45, 2.75) is 135 Å². The van der Waals surface area contributed by atoms with Crippen LogP contribution < -0.4 is 0 Å². The summed E-state index contributed by atoms with van der Waals surface area (Å²) in [7, 11) is 0. The van der Waals surface area contributed by atoms with Crippen LogP contribution in [0.1, 0.15) is 129 Å². The lowest BCUT2D eigenvalue weighted by Crippen LogP contribution is -2.64. The predicted molar refractivity (Wildman–Crippen MR) is 112 cm³/mol. The zero-order valence-corrected chi connectivity index (χ0v) is 17.7. The maximum atomic E-state index is 2.94. The fourth-order valence-electron chi connectivity index (χ4n) is 5.60. The fourth-order valence-corrected chi connectivity index (χ4v) is 5.60. The smallest absolute Gasteiger partial charge is 0.0249 e. The highest BCUT2D eigenvalue weighted by molar-refractivity contribution is 5.05. The molecule has 0 aromatic carbocycles. The molecule has 1 spiro atoms. The SMILES string of the molecule is CCCCCCCCC1CCCCC12CCN2CCCCCCCC. The number of likely N-dealkylation sites (tertiary alicyclic amines) is 1. The highest BCUT2D eigenvalue weighted by Crippen LogP contribution is 2.48. The van der Waals surface area contributed by atoms with Gasteiger partial charge in [-0.15, -0.1) is 0 Å². The first kappa shape index (κ1) is 21.3. The number of hydrogen-bond acceptors (Lipinski definition) is 1. The zero-order valence-electron chi connectivity index (χ0n) is 17.7. The molecule has 0 N–H and O–H groups in total. The van der Waals surface area contributed by atoms with Crippen LogP contribution in [0, 0.1) is 5.92 Å². The van der Waals surface area contributed by atoms with Crippen LogP contribution in [0.5, 0.6) is 0 Å². The highest BCUT2D eigenvalue weighted by Gasteiger charge is 2.49. The second kappa shape index (κ2) is 12.4. The molecule has 1 heteroatoms. The Morgan fingerprint density at radius 1 is 0.720 bits per heavy atom. The van der Waals surface area contributed by atoms with Crippen LogP contribution >= 0.6 is 0 Å². The molecule has 148 valence electrons. The van der Waals surface area contributed by atoms with Gasteiger partial charge in [0.05, 0.1) is 0 Å². The molecule has 1 nitrogen and oxygen atoms in total. The summed E-state index contributed by atoms with van der Waals surface area (Å²) in [5.74, 6) is 1.03. The minimum Gasteiger partial charge on any atom is -0.297 e. The van der Waals surface area contributed by atoms with Gasteiger partial charge in [0.2, 0.25) is 0 Å². The summed E-state index contributed by atoms with van der Waals surface area (Å²) in [4.78, 5) is 2.94. The van der Waals surface area contributed by atoms with Crippen molar-refractivity contribution in [3.05, 3.63) is 0 Å². The van der Waals surface area contributed by atoms with Crippen LogP contribution in [-0.4, -0.2) is 23.5 Å². The molecule has 0 radical (unpaired) electrons. The quantitative estimate of drug-likeness (QED) is 0.290.